The largest absolute Gasteiger partial charge is 0.337 e. The lowest BCUT2D eigenvalue weighted by atomic mass is 9.67. The van der Waals surface area contributed by atoms with E-state index in [9.17, 15) is 9.59 Å². The van der Waals surface area contributed by atoms with Gasteiger partial charge in [0.05, 0.1) is 5.41 Å². The molecule has 2 heterocycles. The number of thioether (sulfide) groups is 1. The molecule has 1 saturated carbocycles. The van der Waals surface area contributed by atoms with Gasteiger partial charge in [-0.15, -0.1) is 12.4 Å². The second-order valence-corrected chi connectivity index (χ2v) is 8.89. The fraction of sp³-hybridized carbons (Fsp3) is 0.600. The zero-order valence-corrected chi connectivity index (χ0v) is 17.2. The standard InChI is InChI=1S/C20H27N3O2S.ClH/c24-18(23-8-10-26-11-9-23)15-4-3-6-17(12-15)22-19(25)20-7-2-1-5-16(20)13-21-14-20;/h3-4,6,12,16,21H,1-2,5,7-11,13-14H2,(H,22,25);1H/t16-,20+;/m0./s1. The minimum absolute atomic E-state index is 0. The van der Waals surface area contributed by atoms with E-state index in [1.165, 1.54) is 6.42 Å². The molecule has 0 spiro atoms. The van der Waals surface area contributed by atoms with Crippen LogP contribution >= 0.6 is 24.2 Å². The average Bonchev–Trinajstić information content (AvgIpc) is 3.14. The summed E-state index contributed by atoms with van der Waals surface area (Å²) in [6.07, 6.45) is 4.43. The Labute approximate surface area is 171 Å². The van der Waals surface area contributed by atoms with Gasteiger partial charge >= 0.3 is 0 Å². The molecule has 4 rings (SSSR count). The van der Waals surface area contributed by atoms with Crippen molar-refractivity contribution in [2.75, 3.05) is 43.0 Å². The monoisotopic (exact) mass is 409 g/mol. The van der Waals surface area contributed by atoms with Crippen molar-refractivity contribution in [3.8, 4) is 0 Å². The van der Waals surface area contributed by atoms with E-state index in [2.05, 4.69) is 10.6 Å². The first-order valence-corrected chi connectivity index (χ1v) is 10.8. The summed E-state index contributed by atoms with van der Waals surface area (Å²) in [7, 11) is 0. The molecule has 7 heteroatoms. The molecule has 3 aliphatic rings. The summed E-state index contributed by atoms with van der Waals surface area (Å²) < 4.78 is 0. The zero-order valence-electron chi connectivity index (χ0n) is 15.5. The molecule has 148 valence electrons. The predicted octanol–water partition coefficient (Wildman–Crippen LogP) is 3.02. The molecule has 2 atom stereocenters. The average molecular weight is 410 g/mol. The van der Waals surface area contributed by atoms with Gasteiger partial charge in [-0.2, -0.15) is 11.8 Å². The minimum atomic E-state index is -0.275. The van der Waals surface area contributed by atoms with Gasteiger partial charge in [0.15, 0.2) is 0 Å². The van der Waals surface area contributed by atoms with Gasteiger partial charge in [0.2, 0.25) is 5.91 Å². The number of rotatable bonds is 3. The van der Waals surface area contributed by atoms with E-state index in [0.29, 0.717) is 11.5 Å². The third kappa shape index (κ3) is 4.13. The molecule has 0 unspecified atom stereocenters. The third-order valence-electron chi connectivity index (χ3n) is 6.16. The number of hydrogen-bond acceptors (Lipinski definition) is 4. The molecular weight excluding hydrogens is 382 g/mol. The van der Waals surface area contributed by atoms with Gasteiger partial charge in [-0.05, 0) is 43.5 Å². The lowest BCUT2D eigenvalue weighted by Crippen LogP contribution is -2.44. The highest BCUT2D eigenvalue weighted by molar-refractivity contribution is 7.99. The van der Waals surface area contributed by atoms with Crippen LogP contribution in [0.1, 0.15) is 36.0 Å². The topological polar surface area (TPSA) is 61.4 Å². The maximum absolute atomic E-state index is 13.1. The molecule has 2 aliphatic heterocycles. The lowest BCUT2D eigenvalue weighted by Gasteiger charge is -2.37. The van der Waals surface area contributed by atoms with Crippen molar-refractivity contribution in [1.29, 1.82) is 0 Å². The molecule has 3 fully saturated rings. The lowest BCUT2D eigenvalue weighted by molar-refractivity contribution is -0.128. The molecule has 27 heavy (non-hydrogen) atoms. The summed E-state index contributed by atoms with van der Waals surface area (Å²) in [6.45, 7) is 3.32. The Bertz CT molecular complexity index is 696. The molecular formula is C20H28ClN3O2S. The van der Waals surface area contributed by atoms with Crippen molar-refractivity contribution in [3.63, 3.8) is 0 Å². The number of anilines is 1. The van der Waals surface area contributed by atoms with Crippen molar-refractivity contribution in [3.05, 3.63) is 29.8 Å². The summed E-state index contributed by atoms with van der Waals surface area (Å²) in [5, 5.41) is 6.54. The van der Waals surface area contributed by atoms with Gasteiger partial charge in [0.1, 0.15) is 0 Å². The van der Waals surface area contributed by atoms with Crippen LogP contribution in [0.25, 0.3) is 0 Å². The van der Waals surface area contributed by atoms with Crippen molar-refractivity contribution < 1.29 is 9.59 Å². The molecule has 2 amide bonds. The van der Waals surface area contributed by atoms with E-state index in [4.69, 9.17) is 0 Å². The Morgan fingerprint density at radius 1 is 1.22 bits per heavy atom. The molecule has 1 aliphatic carbocycles. The summed E-state index contributed by atoms with van der Waals surface area (Å²) in [5.74, 6) is 2.62. The Hall–Kier alpha value is -1.24. The van der Waals surface area contributed by atoms with Crippen LogP contribution in [0.2, 0.25) is 0 Å². The van der Waals surface area contributed by atoms with E-state index in [1.54, 1.807) is 0 Å². The van der Waals surface area contributed by atoms with Gasteiger partial charge in [-0.3, -0.25) is 9.59 Å². The zero-order chi connectivity index (χ0) is 18.0. The van der Waals surface area contributed by atoms with Crippen LogP contribution in [0.3, 0.4) is 0 Å². The highest BCUT2D eigenvalue weighted by atomic mass is 35.5. The third-order valence-corrected chi connectivity index (χ3v) is 7.10. The summed E-state index contributed by atoms with van der Waals surface area (Å²) in [5.41, 5.74) is 1.12. The van der Waals surface area contributed by atoms with E-state index >= 15 is 0 Å². The van der Waals surface area contributed by atoms with Gasteiger partial charge in [0, 0.05) is 42.4 Å². The van der Waals surface area contributed by atoms with E-state index in [1.807, 2.05) is 40.9 Å². The first kappa shape index (κ1) is 20.5. The highest BCUT2D eigenvalue weighted by Crippen LogP contribution is 2.44. The fourth-order valence-corrected chi connectivity index (χ4v) is 5.53. The van der Waals surface area contributed by atoms with Crippen LogP contribution < -0.4 is 10.6 Å². The first-order valence-electron chi connectivity index (χ1n) is 9.68. The number of carbonyl (C=O) groups is 2. The molecule has 2 saturated heterocycles. The SMILES string of the molecule is Cl.O=C(c1cccc(NC(=O)[C@@]23CCCC[C@H]2CNC3)c1)N1CCSCC1. The molecule has 0 bridgehead atoms. The van der Waals surface area contributed by atoms with Crippen LogP contribution in [0.15, 0.2) is 24.3 Å². The number of benzene rings is 1. The summed E-state index contributed by atoms with van der Waals surface area (Å²) in [4.78, 5) is 27.7. The minimum Gasteiger partial charge on any atom is -0.337 e. The van der Waals surface area contributed by atoms with Gasteiger partial charge < -0.3 is 15.5 Å². The Balaban J connectivity index is 0.00000210. The number of fused-ring (bicyclic) bond motifs is 1. The Morgan fingerprint density at radius 3 is 2.85 bits per heavy atom. The Morgan fingerprint density at radius 2 is 2.04 bits per heavy atom. The smallest absolute Gasteiger partial charge is 0.253 e. The number of nitrogens with zero attached hydrogens (tertiary/aromatic N) is 1. The first-order chi connectivity index (χ1) is 12.7. The predicted molar refractivity (Wildman–Crippen MR) is 113 cm³/mol. The normalized spacial score (nSPS) is 27.4. The molecule has 0 radical (unpaired) electrons. The quantitative estimate of drug-likeness (QED) is 0.805. The van der Waals surface area contributed by atoms with Crippen molar-refractivity contribution in [1.82, 2.24) is 10.2 Å². The molecule has 0 aromatic heterocycles. The van der Waals surface area contributed by atoms with Gasteiger partial charge in [-0.1, -0.05) is 18.9 Å². The molecule has 1 aromatic carbocycles. The van der Waals surface area contributed by atoms with Gasteiger partial charge in [-0.25, -0.2) is 0 Å². The van der Waals surface area contributed by atoms with Crippen LogP contribution in [-0.2, 0) is 4.79 Å². The van der Waals surface area contributed by atoms with Crippen molar-refractivity contribution >= 4 is 41.7 Å². The highest BCUT2D eigenvalue weighted by Gasteiger charge is 2.49. The van der Waals surface area contributed by atoms with E-state index in [-0.39, 0.29) is 29.6 Å². The van der Waals surface area contributed by atoms with Crippen LogP contribution in [0.4, 0.5) is 5.69 Å². The second-order valence-electron chi connectivity index (χ2n) is 7.67. The maximum atomic E-state index is 13.1. The number of nitrogens with one attached hydrogen (secondary N) is 2. The summed E-state index contributed by atoms with van der Waals surface area (Å²) in [6, 6.07) is 7.43. The number of carbonyl (C=O) groups excluding carboxylic acids is 2. The van der Waals surface area contributed by atoms with Crippen LogP contribution in [-0.4, -0.2) is 54.4 Å². The molecule has 2 N–H and O–H groups in total. The van der Waals surface area contributed by atoms with Crippen LogP contribution in [0, 0.1) is 11.3 Å². The van der Waals surface area contributed by atoms with Gasteiger partial charge in [0.25, 0.3) is 5.91 Å². The maximum Gasteiger partial charge on any atom is 0.253 e. The molecule has 1 aromatic rings. The number of hydrogen-bond donors (Lipinski definition) is 2. The number of halogens is 1. The van der Waals surface area contributed by atoms with Crippen molar-refractivity contribution in [2.24, 2.45) is 11.3 Å². The fourth-order valence-electron chi connectivity index (χ4n) is 4.62. The Kier molecular flexibility index (Phi) is 6.71. The van der Waals surface area contributed by atoms with Crippen molar-refractivity contribution in [2.45, 2.75) is 25.7 Å². The van der Waals surface area contributed by atoms with Crippen LogP contribution in [0.5, 0.6) is 0 Å². The molecule has 5 nitrogen and oxygen atoms in total. The van der Waals surface area contributed by atoms with E-state index < -0.39 is 0 Å². The number of amides is 2. The summed E-state index contributed by atoms with van der Waals surface area (Å²) >= 11 is 1.89. The van der Waals surface area contributed by atoms with E-state index in [0.717, 1.165) is 62.6 Å². The second kappa shape index (κ2) is 8.84.